The fourth-order valence-electron chi connectivity index (χ4n) is 9.31. The topological polar surface area (TPSA) is 60.2 Å². The van der Waals surface area contributed by atoms with Gasteiger partial charge < -0.3 is 0 Å². The van der Waals surface area contributed by atoms with Crippen LogP contribution in [0.15, 0.2) is 0 Å². The van der Waals surface area contributed by atoms with Gasteiger partial charge in [-0.3, -0.25) is 14.9 Å². The van der Waals surface area contributed by atoms with E-state index in [0.717, 1.165) is 30.6 Å². The van der Waals surface area contributed by atoms with Crippen molar-refractivity contribution in [1.29, 1.82) is 0 Å². The molecule has 0 spiro atoms. The van der Waals surface area contributed by atoms with Crippen molar-refractivity contribution >= 4 is 17.4 Å². The molecule has 182 valence electrons. The van der Waals surface area contributed by atoms with E-state index in [1.54, 1.807) is 0 Å². The van der Waals surface area contributed by atoms with Gasteiger partial charge in [0, 0.05) is 24.2 Å². The minimum absolute atomic E-state index is 0.111. The summed E-state index contributed by atoms with van der Waals surface area (Å²) in [6, 6.07) is -0.801. The summed E-state index contributed by atoms with van der Waals surface area (Å²) in [4.78, 5) is 23.5. The quantitative estimate of drug-likeness (QED) is 0.235. The van der Waals surface area contributed by atoms with E-state index in [1.807, 2.05) is 0 Å². The summed E-state index contributed by atoms with van der Waals surface area (Å²) in [5, 5.41) is 12.3. The first-order valence-corrected chi connectivity index (χ1v) is 13.7. The van der Waals surface area contributed by atoms with Crippen molar-refractivity contribution in [2.45, 2.75) is 116 Å². The molecule has 0 radical (unpaired) electrons. The second-order valence-corrected chi connectivity index (χ2v) is 13.6. The lowest BCUT2D eigenvalue weighted by Gasteiger charge is -2.63. The second kappa shape index (κ2) is 8.54. The monoisotopic (exact) mass is 465 g/mol. The average Bonchev–Trinajstić information content (AvgIpc) is 3.05. The smallest absolute Gasteiger partial charge is 0.233 e. The molecule has 4 nitrogen and oxygen atoms in total. The number of halogens is 1. The molecule has 4 saturated carbocycles. The number of alkyl halides is 1. The number of rotatable bonds is 6. The molecule has 5 heteroatoms. The van der Waals surface area contributed by atoms with E-state index in [2.05, 4.69) is 34.6 Å². The Morgan fingerprint density at radius 3 is 2.47 bits per heavy atom. The SMILES string of the molecule is CC(C)CCC[C@@H](C)[C@@H]1CC[C@@H]2[C@@H]3C[C@H]([N+](=O)[O-])[C@@]4(Cl)CC(=O)CC[C@]4(C)[C@H]3CC[C@@]21C. The van der Waals surface area contributed by atoms with Gasteiger partial charge in [0.05, 0.1) is 0 Å². The summed E-state index contributed by atoms with van der Waals surface area (Å²) in [5.41, 5.74) is -0.0157. The molecule has 0 bridgehead atoms. The molecular weight excluding hydrogens is 422 g/mol. The average molecular weight is 466 g/mol. The first-order valence-electron chi connectivity index (χ1n) is 13.3. The zero-order valence-corrected chi connectivity index (χ0v) is 21.6. The fraction of sp³-hybridized carbons (Fsp3) is 0.963. The lowest BCUT2D eigenvalue weighted by molar-refractivity contribution is -0.542. The summed E-state index contributed by atoms with van der Waals surface area (Å²) in [7, 11) is 0. The Morgan fingerprint density at radius 1 is 1.09 bits per heavy atom. The van der Waals surface area contributed by atoms with Crippen molar-refractivity contribution in [3.8, 4) is 0 Å². The molecule has 0 aliphatic heterocycles. The van der Waals surface area contributed by atoms with Crippen LogP contribution in [0, 0.1) is 56.5 Å². The highest BCUT2D eigenvalue weighted by Gasteiger charge is 2.70. The van der Waals surface area contributed by atoms with E-state index in [0.29, 0.717) is 36.0 Å². The molecule has 0 amide bonds. The summed E-state index contributed by atoms with van der Waals surface area (Å²) >= 11 is 7.17. The Kier molecular flexibility index (Phi) is 6.53. The number of carbonyl (C=O) groups excluding carboxylic acids is 1. The predicted octanol–water partition coefficient (Wildman–Crippen LogP) is 7.29. The van der Waals surface area contributed by atoms with Crippen molar-refractivity contribution in [2.75, 3.05) is 0 Å². The van der Waals surface area contributed by atoms with Crippen LogP contribution in [0.1, 0.15) is 105 Å². The molecule has 32 heavy (non-hydrogen) atoms. The predicted molar refractivity (Wildman–Crippen MR) is 129 cm³/mol. The van der Waals surface area contributed by atoms with Gasteiger partial charge >= 0.3 is 0 Å². The lowest BCUT2D eigenvalue weighted by atomic mass is 9.43. The van der Waals surface area contributed by atoms with Crippen molar-refractivity contribution < 1.29 is 9.72 Å². The minimum atomic E-state index is -1.01. The number of fused-ring (bicyclic) bond motifs is 5. The third-order valence-corrected chi connectivity index (χ3v) is 11.9. The Labute approximate surface area is 199 Å². The molecule has 0 heterocycles. The van der Waals surface area contributed by atoms with E-state index >= 15 is 0 Å². The molecule has 9 atom stereocenters. The van der Waals surface area contributed by atoms with Crippen LogP contribution >= 0.6 is 11.6 Å². The first-order chi connectivity index (χ1) is 14.9. The highest BCUT2D eigenvalue weighted by Crippen LogP contribution is 2.70. The van der Waals surface area contributed by atoms with Gasteiger partial charge in [0.25, 0.3) is 0 Å². The number of nitro groups is 1. The molecule has 4 rings (SSSR count). The zero-order valence-electron chi connectivity index (χ0n) is 20.9. The maximum absolute atomic E-state index is 12.4. The minimum Gasteiger partial charge on any atom is -0.300 e. The van der Waals surface area contributed by atoms with Crippen LogP contribution in [0.3, 0.4) is 0 Å². The fourth-order valence-corrected chi connectivity index (χ4v) is 9.86. The zero-order chi connectivity index (χ0) is 23.5. The Hall–Kier alpha value is -0.640. The number of nitrogens with zero attached hydrogens (tertiary/aromatic N) is 1. The molecule has 4 aliphatic rings. The van der Waals surface area contributed by atoms with E-state index in [4.69, 9.17) is 11.6 Å². The molecule has 0 unspecified atom stereocenters. The Balaban J connectivity index is 1.59. The van der Waals surface area contributed by atoms with Gasteiger partial charge in [-0.05, 0) is 78.4 Å². The number of carbonyl (C=O) groups is 1. The summed E-state index contributed by atoms with van der Waals surface area (Å²) in [6.45, 7) is 11.8. The molecular formula is C27H44ClNO3. The van der Waals surface area contributed by atoms with Crippen molar-refractivity contribution in [1.82, 2.24) is 0 Å². The van der Waals surface area contributed by atoms with Crippen LogP contribution < -0.4 is 0 Å². The van der Waals surface area contributed by atoms with E-state index in [1.165, 1.54) is 38.5 Å². The normalized spacial score (nSPS) is 47.0. The largest absolute Gasteiger partial charge is 0.300 e. The van der Waals surface area contributed by atoms with E-state index in [9.17, 15) is 14.9 Å². The maximum Gasteiger partial charge on any atom is 0.233 e. The van der Waals surface area contributed by atoms with Gasteiger partial charge in [-0.1, -0.05) is 53.9 Å². The third-order valence-electron chi connectivity index (χ3n) is 11.1. The van der Waals surface area contributed by atoms with Crippen LogP contribution in [0.5, 0.6) is 0 Å². The summed E-state index contributed by atoms with van der Waals surface area (Å²) < 4.78 is 0. The number of Topliss-reactive ketones (excluding diaryl/α,β-unsaturated/α-hetero) is 1. The molecule has 4 fully saturated rings. The van der Waals surface area contributed by atoms with Crippen LogP contribution in [-0.2, 0) is 4.79 Å². The number of hydrogen-bond donors (Lipinski definition) is 0. The van der Waals surface area contributed by atoms with Gasteiger partial charge in [0.2, 0.25) is 6.04 Å². The van der Waals surface area contributed by atoms with Crippen LogP contribution in [0.4, 0.5) is 0 Å². The van der Waals surface area contributed by atoms with Gasteiger partial charge in [0.1, 0.15) is 10.7 Å². The molecule has 0 aromatic carbocycles. The van der Waals surface area contributed by atoms with Gasteiger partial charge in [-0.25, -0.2) is 0 Å². The van der Waals surface area contributed by atoms with Crippen molar-refractivity contribution in [2.24, 2.45) is 46.3 Å². The molecule has 0 aromatic heterocycles. The lowest BCUT2D eigenvalue weighted by Crippen LogP contribution is -2.67. The van der Waals surface area contributed by atoms with E-state index < -0.39 is 10.9 Å². The maximum atomic E-state index is 12.4. The molecule has 0 N–H and O–H groups in total. The number of ketones is 1. The molecule has 0 aromatic rings. The number of hydrogen-bond acceptors (Lipinski definition) is 3. The van der Waals surface area contributed by atoms with E-state index in [-0.39, 0.29) is 22.5 Å². The van der Waals surface area contributed by atoms with Crippen LogP contribution in [0.2, 0.25) is 0 Å². The van der Waals surface area contributed by atoms with Crippen molar-refractivity contribution in [3.05, 3.63) is 10.1 Å². The standard InChI is InChI=1S/C27H44ClNO3/c1-17(2)7-6-8-18(3)21-9-10-22-20-15-24(29(31)32)27(28)16-19(30)11-14-26(27,5)23(20)12-13-25(21,22)4/h17-18,20-24H,6-16H2,1-5H3/t18-,20+,21+,22-,23+,24+,25-,26-,27+/m1/s1. The second-order valence-electron chi connectivity index (χ2n) is 12.9. The molecule has 4 aliphatic carbocycles. The first kappa shape index (κ1) is 24.5. The Morgan fingerprint density at radius 2 is 1.81 bits per heavy atom. The van der Waals surface area contributed by atoms with Gasteiger partial charge in [0.15, 0.2) is 0 Å². The third kappa shape index (κ3) is 3.66. The highest BCUT2D eigenvalue weighted by molar-refractivity contribution is 6.26. The Bertz CT molecular complexity index is 755. The summed E-state index contributed by atoms with van der Waals surface area (Å²) in [5.74, 6) is 3.70. The van der Waals surface area contributed by atoms with Crippen LogP contribution in [-0.4, -0.2) is 21.6 Å². The summed E-state index contributed by atoms with van der Waals surface area (Å²) in [6.07, 6.45) is 10.8. The van der Waals surface area contributed by atoms with Gasteiger partial charge in [-0.2, -0.15) is 0 Å². The van der Waals surface area contributed by atoms with Crippen LogP contribution in [0.25, 0.3) is 0 Å². The molecule has 0 saturated heterocycles. The van der Waals surface area contributed by atoms with Crippen molar-refractivity contribution in [3.63, 3.8) is 0 Å². The van der Waals surface area contributed by atoms with Gasteiger partial charge in [-0.15, -0.1) is 11.6 Å². The highest BCUT2D eigenvalue weighted by atomic mass is 35.5.